The number of hydrogen-bond donors (Lipinski definition) is 1. The van der Waals surface area contributed by atoms with Crippen molar-refractivity contribution < 1.29 is 17.5 Å². The summed E-state index contributed by atoms with van der Waals surface area (Å²) >= 11 is 6.01. The summed E-state index contributed by atoms with van der Waals surface area (Å²) in [5, 5.41) is 10.6. The van der Waals surface area contributed by atoms with E-state index in [1.807, 2.05) is 24.4 Å². The molecule has 0 fully saturated rings. The fourth-order valence-electron chi connectivity index (χ4n) is 2.92. The zero-order valence-electron chi connectivity index (χ0n) is 15.1. The van der Waals surface area contributed by atoms with Crippen LogP contribution in [0.15, 0.2) is 30.6 Å². The summed E-state index contributed by atoms with van der Waals surface area (Å²) in [6.45, 7) is 3.23. The molecule has 3 aromatic rings. The van der Waals surface area contributed by atoms with Crippen LogP contribution in [0.25, 0.3) is 22.2 Å². The SMILES string of the molecule is CC(O)COc1cnc(Cl)nc1-c1cn2c3c(cccc13)OCC2.[2H][2H]. The fraction of sp³-hybridized carbons (Fsp3) is 0.294. The lowest BCUT2D eigenvalue weighted by Crippen LogP contribution is -2.13. The van der Waals surface area contributed by atoms with Gasteiger partial charge < -0.3 is 19.1 Å². The molecule has 1 aliphatic rings. The van der Waals surface area contributed by atoms with Crippen LogP contribution in [-0.2, 0) is 6.54 Å². The molecule has 1 aliphatic heterocycles. The number of aromatic nitrogens is 3. The van der Waals surface area contributed by atoms with Crippen LogP contribution >= 0.6 is 11.6 Å². The Balaban J connectivity index is 0.000000948. The molecule has 4 rings (SSSR count). The standard InChI is InChI=1S/C17H16ClN3O3.H2/c1-10(22)9-24-14-7-19-17(18)20-15(14)12-8-21-5-6-23-13-4-2-3-11(12)16(13)21;/h2-4,7-8,10,22H,5-6,9H2,1H3;1H/i;1+1D. The molecule has 0 bridgehead atoms. The van der Waals surface area contributed by atoms with Crippen molar-refractivity contribution in [3.8, 4) is 22.8 Å². The molecule has 126 valence electrons. The van der Waals surface area contributed by atoms with Gasteiger partial charge >= 0.3 is 0 Å². The number of rotatable bonds is 4. The smallest absolute Gasteiger partial charge is 0.223 e. The second-order valence-corrected chi connectivity index (χ2v) is 6.09. The van der Waals surface area contributed by atoms with Gasteiger partial charge in [-0.15, -0.1) is 0 Å². The Kier molecular flexibility index (Phi) is 3.49. The molecule has 1 N–H and O–H groups in total. The second kappa shape index (κ2) is 5.96. The van der Waals surface area contributed by atoms with Gasteiger partial charge in [-0.05, 0) is 24.6 Å². The molecule has 0 aliphatic carbocycles. The van der Waals surface area contributed by atoms with E-state index in [-0.39, 0.29) is 11.9 Å². The molecule has 1 unspecified atom stereocenters. The van der Waals surface area contributed by atoms with Crippen LogP contribution in [-0.4, -0.2) is 39.0 Å². The van der Waals surface area contributed by atoms with Crippen LogP contribution in [0.5, 0.6) is 11.5 Å². The third kappa shape index (κ3) is 2.57. The molecule has 6 nitrogen and oxygen atoms in total. The molecule has 24 heavy (non-hydrogen) atoms. The minimum atomic E-state index is -0.586. The average molecular weight is 350 g/mol. The minimum absolute atomic E-state index is 0.151. The normalized spacial score (nSPS) is 14.8. The first-order chi connectivity index (χ1) is 12.6. The van der Waals surface area contributed by atoms with Gasteiger partial charge in [0.1, 0.15) is 24.7 Å². The number of benzene rings is 1. The van der Waals surface area contributed by atoms with Gasteiger partial charge in [-0.25, -0.2) is 9.97 Å². The van der Waals surface area contributed by atoms with Crippen molar-refractivity contribution in [2.75, 3.05) is 13.2 Å². The maximum Gasteiger partial charge on any atom is 0.223 e. The number of aliphatic hydroxyl groups is 1. The number of hydrogen-bond acceptors (Lipinski definition) is 5. The van der Waals surface area contributed by atoms with Crippen molar-refractivity contribution in [2.24, 2.45) is 0 Å². The van der Waals surface area contributed by atoms with E-state index in [1.54, 1.807) is 6.92 Å². The van der Waals surface area contributed by atoms with Crippen LogP contribution in [0.2, 0.25) is 5.28 Å². The van der Waals surface area contributed by atoms with Gasteiger partial charge in [-0.3, -0.25) is 0 Å². The van der Waals surface area contributed by atoms with Crippen molar-refractivity contribution >= 4 is 22.5 Å². The van der Waals surface area contributed by atoms with E-state index in [9.17, 15) is 5.11 Å². The number of aliphatic hydroxyl groups excluding tert-OH is 1. The van der Waals surface area contributed by atoms with Gasteiger partial charge in [0.25, 0.3) is 0 Å². The molecule has 0 saturated heterocycles. The quantitative estimate of drug-likeness (QED) is 0.733. The van der Waals surface area contributed by atoms with Gasteiger partial charge in [0, 0.05) is 20.1 Å². The van der Waals surface area contributed by atoms with Crippen LogP contribution in [0, 0.1) is 0 Å². The van der Waals surface area contributed by atoms with Gasteiger partial charge in [-0.1, -0.05) is 12.1 Å². The molecule has 1 aromatic carbocycles. The van der Waals surface area contributed by atoms with Crippen LogP contribution < -0.4 is 9.47 Å². The van der Waals surface area contributed by atoms with E-state index in [4.69, 9.17) is 24.0 Å². The van der Waals surface area contributed by atoms with Gasteiger partial charge in [0.2, 0.25) is 5.28 Å². The summed E-state index contributed by atoms with van der Waals surface area (Å²) in [4.78, 5) is 8.36. The highest BCUT2D eigenvalue weighted by atomic mass is 35.5. The first kappa shape index (κ1) is 14.1. The van der Waals surface area contributed by atoms with Crippen LogP contribution in [0.1, 0.15) is 9.89 Å². The van der Waals surface area contributed by atoms with E-state index < -0.39 is 6.10 Å². The Hall–Kier alpha value is -2.31. The lowest BCUT2D eigenvalue weighted by molar-refractivity contribution is 0.122. The predicted octanol–water partition coefficient (Wildman–Crippen LogP) is 3.15. The Bertz CT molecular complexity index is 918. The van der Waals surface area contributed by atoms with Crippen LogP contribution in [0.3, 0.4) is 0 Å². The monoisotopic (exact) mass is 349 g/mol. The Morgan fingerprint density at radius 3 is 3.25 bits per heavy atom. The number of para-hydroxylation sites is 1. The van der Waals surface area contributed by atoms with Crippen molar-refractivity contribution in [1.29, 1.82) is 0 Å². The predicted molar refractivity (Wildman–Crippen MR) is 92.8 cm³/mol. The highest BCUT2D eigenvalue weighted by Gasteiger charge is 2.21. The summed E-state index contributed by atoms with van der Waals surface area (Å²) in [6.07, 6.45) is 2.98. The zero-order valence-corrected chi connectivity index (χ0v) is 13.8. The Labute approximate surface area is 146 Å². The minimum Gasteiger partial charge on any atom is -0.490 e. The van der Waals surface area contributed by atoms with Gasteiger partial charge in [-0.2, -0.15) is 0 Å². The molecule has 3 heterocycles. The number of halogens is 1. The molecule has 0 amide bonds. The van der Waals surface area contributed by atoms with E-state index in [0.717, 1.165) is 28.8 Å². The lowest BCUT2D eigenvalue weighted by atomic mass is 10.1. The average Bonchev–Trinajstić information content (AvgIpc) is 3.03. The molecule has 0 radical (unpaired) electrons. The fourth-order valence-corrected chi connectivity index (χ4v) is 3.05. The summed E-state index contributed by atoms with van der Waals surface area (Å²) in [7, 11) is 0. The summed E-state index contributed by atoms with van der Waals surface area (Å²) < 4.78 is 23.6. The van der Waals surface area contributed by atoms with Gasteiger partial charge in [0.15, 0.2) is 5.75 Å². The topological polar surface area (TPSA) is 69.4 Å². The highest BCUT2D eigenvalue weighted by Crippen LogP contribution is 2.39. The first-order valence-electron chi connectivity index (χ1n) is 8.72. The molecular formula is C17H18ClN3O3. The summed E-state index contributed by atoms with van der Waals surface area (Å²) in [6, 6.07) is 5.93. The van der Waals surface area contributed by atoms with Crippen molar-refractivity contribution in [1.82, 2.24) is 14.5 Å². The first-order valence-corrected chi connectivity index (χ1v) is 8.09. The molecule has 2 aromatic heterocycles. The summed E-state index contributed by atoms with van der Waals surface area (Å²) in [5.74, 6) is 1.35. The van der Waals surface area contributed by atoms with Crippen molar-refractivity contribution in [3.05, 3.63) is 35.9 Å². The van der Waals surface area contributed by atoms with Gasteiger partial charge in [0.05, 0.1) is 24.4 Å². The summed E-state index contributed by atoms with van der Waals surface area (Å²) in [5.41, 5.74) is 2.55. The zero-order chi connectivity index (χ0) is 18.7. The molecule has 0 spiro atoms. The molecular weight excluding hydrogens is 330 g/mol. The maximum atomic E-state index is 9.48. The molecule has 7 heteroatoms. The number of ether oxygens (including phenoxy) is 2. The van der Waals surface area contributed by atoms with E-state index in [0.29, 0.717) is 18.1 Å². The van der Waals surface area contributed by atoms with Crippen LogP contribution in [0.4, 0.5) is 0 Å². The highest BCUT2D eigenvalue weighted by molar-refractivity contribution is 6.28. The Morgan fingerprint density at radius 1 is 1.54 bits per heavy atom. The van der Waals surface area contributed by atoms with E-state index in [2.05, 4.69) is 14.5 Å². The number of nitrogens with zero attached hydrogens (tertiary/aromatic N) is 3. The van der Waals surface area contributed by atoms with Crippen molar-refractivity contribution in [3.63, 3.8) is 0 Å². The third-order valence-electron chi connectivity index (χ3n) is 3.91. The van der Waals surface area contributed by atoms with E-state index >= 15 is 0 Å². The molecule has 1 atom stereocenters. The second-order valence-electron chi connectivity index (χ2n) is 5.75. The van der Waals surface area contributed by atoms with Crippen molar-refractivity contribution in [2.45, 2.75) is 19.6 Å². The third-order valence-corrected chi connectivity index (χ3v) is 4.09. The Morgan fingerprint density at radius 2 is 2.42 bits per heavy atom. The maximum absolute atomic E-state index is 9.48. The lowest BCUT2D eigenvalue weighted by Gasteiger charge is -2.16. The molecule has 0 saturated carbocycles. The van der Waals surface area contributed by atoms with E-state index in [1.165, 1.54) is 6.20 Å². The largest absolute Gasteiger partial charge is 0.490 e.